The fourth-order valence-electron chi connectivity index (χ4n) is 2.29. The molecule has 1 unspecified atom stereocenters. The van der Waals surface area contributed by atoms with E-state index in [0.717, 1.165) is 19.5 Å². The van der Waals surface area contributed by atoms with E-state index in [0.29, 0.717) is 23.3 Å². The van der Waals surface area contributed by atoms with Gasteiger partial charge in [-0.25, -0.2) is 4.79 Å². The number of rotatable bonds is 4. The predicted octanol–water partition coefficient (Wildman–Crippen LogP) is 2.95. The topological polar surface area (TPSA) is 44.4 Å². The van der Waals surface area contributed by atoms with Crippen molar-refractivity contribution in [2.24, 2.45) is 0 Å². The molecule has 0 bridgehead atoms. The third-order valence-corrected chi connectivity index (χ3v) is 3.72. The zero-order chi connectivity index (χ0) is 13.7. The number of likely N-dealkylation sites (N-methyl/N-ethyl adjacent to an activating group) is 1. The lowest BCUT2D eigenvalue weighted by Crippen LogP contribution is -2.43. The fourth-order valence-corrected chi connectivity index (χ4v) is 2.47. The van der Waals surface area contributed by atoms with Crippen LogP contribution in [0.1, 0.15) is 19.8 Å². The Kier molecular flexibility index (Phi) is 5.05. The van der Waals surface area contributed by atoms with Crippen molar-refractivity contribution in [2.45, 2.75) is 25.8 Å². The molecule has 2 rings (SSSR count). The molecule has 0 spiro atoms. The monoisotopic (exact) mass is 281 g/mol. The second kappa shape index (κ2) is 6.78. The van der Waals surface area contributed by atoms with E-state index in [1.165, 1.54) is 6.42 Å². The molecule has 2 amide bonds. The van der Waals surface area contributed by atoms with Gasteiger partial charge in [0.15, 0.2) is 0 Å². The Bertz CT molecular complexity index is 432. The van der Waals surface area contributed by atoms with Crippen LogP contribution in [0.5, 0.6) is 0 Å². The maximum absolute atomic E-state index is 12.2. The van der Waals surface area contributed by atoms with Crippen molar-refractivity contribution in [3.63, 3.8) is 0 Å². The molecule has 4 nitrogen and oxygen atoms in total. The molecular weight excluding hydrogens is 262 g/mol. The minimum atomic E-state index is -0.0932. The number of nitrogens with one attached hydrogen (secondary N) is 2. The zero-order valence-corrected chi connectivity index (χ0v) is 11.9. The van der Waals surface area contributed by atoms with Gasteiger partial charge in [-0.1, -0.05) is 23.7 Å². The standard InChI is InChI=1S/C14H20ClN3O/c1-2-18(10-11-6-5-9-16-11)14(19)17-13-8-4-3-7-12(13)15/h3-4,7-8,11,16H,2,5-6,9-10H2,1H3,(H,17,19). The number of amides is 2. The summed E-state index contributed by atoms with van der Waals surface area (Å²) in [7, 11) is 0. The summed E-state index contributed by atoms with van der Waals surface area (Å²) in [5.74, 6) is 0. The van der Waals surface area contributed by atoms with Crippen LogP contribution in [0.25, 0.3) is 0 Å². The number of nitrogens with zero attached hydrogens (tertiary/aromatic N) is 1. The molecule has 1 saturated heterocycles. The molecule has 104 valence electrons. The molecule has 0 saturated carbocycles. The van der Waals surface area contributed by atoms with Gasteiger partial charge in [0.2, 0.25) is 0 Å². The number of anilines is 1. The Morgan fingerprint density at radius 2 is 2.32 bits per heavy atom. The number of para-hydroxylation sites is 1. The van der Waals surface area contributed by atoms with Gasteiger partial charge in [-0.3, -0.25) is 0 Å². The first-order valence-corrected chi connectivity index (χ1v) is 7.12. The molecule has 1 aliphatic heterocycles. The molecule has 19 heavy (non-hydrogen) atoms. The molecule has 0 aromatic heterocycles. The summed E-state index contributed by atoms with van der Waals surface area (Å²) in [6, 6.07) is 7.60. The molecule has 0 aliphatic carbocycles. The Morgan fingerprint density at radius 3 is 2.95 bits per heavy atom. The highest BCUT2D eigenvalue weighted by molar-refractivity contribution is 6.33. The predicted molar refractivity (Wildman–Crippen MR) is 78.7 cm³/mol. The highest BCUT2D eigenvalue weighted by atomic mass is 35.5. The van der Waals surface area contributed by atoms with E-state index in [4.69, 9.17) is 11.6 Å². The largest absolute Gasteiger partial charge is 0.323 e. The molecule has 2 N–H and O–H groups in total. The van der Waals surface area contributed by atoms with Gasteiger partial charge < -0.3 is 15.5 Å². The van der Waals surface area contributed by atoms with Crippen molar-refractivity contribution in [3.05, 3.63) is 29.3 Å². The summed E-state index contributed by atoms with van der Waals surface area (Å²) in [5.41, 5.74) is 0.659. The zero-order valence-electron chi connectivity index (χ0n) is 11.2. The summed E-state index contributed by atoms with van der Waals surface area (Å²) < 4.78 is 0. The highest BCUT2D eigenvalue weighted by Gasteiger charge is 2.20. The fraction of sp³-hybridized carbons (Fsp3) is 0.500. The molecule has 1 fully saturated rings. The van der Waals surface area contributed by atoms with Gasteiger partial charge in [0, 0.05) is 19.1 Å². The van der Waals surface area contributed by atoms with Crippen LogP contribution >= 0.6 is 11.6 Å². The average Bonchev–Trinajstić information content (AvgIpc) is 2.91. The lowest BCUT2D eigenvalue weighted by Gasteiger charge is -2.25. The number of halogens is 1. The molecule has 1 atom stereocenters. The van der Waals surface area contributed by atoms with Gasteiger partial charge in [0.25, 0.3) is 0 Å². The molecule has 1 aromatic carbocycles. The first-order valence-electron chi connectivity index (χ1n) is 6.74. The minimum absolute atomic E-state index is 0.0932. The summed E-state index contributed by atoms with van der Waals surface area (Å²) in [6.07, 6.45) is 2.32. The molecule has 0 radical (unpaired) electrons. The third kappa shape index (κ3) is 3.85. The van der Waals surface area contributed by atoms with E-state index in [1.54, 1.807) is 6.07 Å². The van der Waals surface area contributed by atoms with Crippen LogP contribution < -0.4 is 10.6 Å². The number of benzene rings is 1. The Hall–Kier alpha value is -1.26. The van der Waals surface area contributed by atoms with E-state index < -0.39 is 0 Å². The number of urea groups is 1. The average molecular weight is 282 g/mol. The lowest BCUT2D eigenvalue weighted by atomic mass is 10.2. The van der Waals surface area contributed by atoms with E-state index in [2.05, 4.69) is 10.6 Å². The third-order valence-electron chi connectivity index (χ3n) is 3.39. The van der Waals surface area contributed by atoms with Crippen LogP contribution in [0.4, 0.5) is 10.5 Å². The van der Waals surface area contributed by atoms with Crippen molar-refractivity contribution in [2.75, 3.05) is 25.0 Å². The van der Waals surface area contributed by atoms with E-state index in [1.807, 2.05) is 30.0 Å². The summed E-state index contributed by atoms with van der Waals surface area (Å²) in [4.78, 5) is 14.0. The summed E-state index contributed by atoms with van der Waals surface area (Å²) >= 11 is 6.04. The molecule has 5 heteroatoms. The van der Waals surface area contributed by atoms with E-state index in [9.17, 15) is 4.79 Å². The van der Waals surface area contributed by atoms with Crippen LogP contribution in [0, 0.1) is 0 Å². The first-order chi connectivity index (χ1) is 9.20. The Labute approximate surface area is 119 Å². The van der Waals surface area contributed by atoms with Crippen molar-refractivity contribution in [3.8, 4) is 0 Å². The molecule has 1 heterocycles. The summed E-state index contributed by atoms with van der Waals surface area (Å²) in [6.45, 7) is 4.47. The Balaban J connectivity index is 1.94. The van der Waals surface area contributed by atoms with Gasteiger partial charge in [-0.15, -0.1) is 0 Å². The van der Waals surface area contributed by atoms with Gasteiger partial charge in [-0.2, -0.15) is 0 Å². The Morgan fingerprint density at radius 1 is 1.53 bits per heavy atom. The molecular formula is C14H20ClN3O. The molecule has 1 aliphatic rings. The van der Waals surface area contributed by atoms with Crippen molar-refractivity contribution >= 4 is 23.3 Å². The van der Waals surface area contributed by atoms with Gasteiger partial charge >= 0.3 is 6.03 Å². The smallest absolute Gasteiger partial charge is 0.321 e. The number of carbonyl (C=O) groups excluding carboxylic acids is 1. The van der Waals surface area contributed by atoms with Gasteiger partial charge in [0.1, 0.15) is 0 Å². The van der Waals surface area contributed by atoms with Crippen LogP contribution in [0.3, 0.4) is 0 Å². The number of hydrogen-bond donors (Lipinski definition) is 2. The first kappa shape index (κ1) is 14.2. The molecule has 1 aromatic rings. The maximum atomic E-state index is 12.2. The van der Waals surface area contributed by atoms with Crippen molar-refractivity contribution in [1.29, 1.82) is 0 Å². The van der Waals surface area contributed by atoms with Gasteiger partial charge in [0.05, 0.1) is 10.7 Å². The van der Waals surface area contributed by atoms with E-state index >= 15 is 0 Å². The summed E-state index contributed by atoms with van der Waals surface area (Å²) in [5, 5.41) is 6.83. The normalized spacial score (nSPS) is 18.3. The van der Waals surface area contributed by atoms with Crippen molar-refractivity contribution < 1.29 is 4.79 Å². The SMILES string of the molecule is CCN(CC1CCCN1)C(=O)Nc1ccccc1Cl. The van der Waals surface area contributed by atoms with Crippen LogP contribution in [0.15, 0.2) is 24.3 Å². The van der Waals surface area contributed by atoms with Crippen molar-refractivity contribution in [1.82, 2.24) is 10.2 Å². The highest BCUT2D eigenvalue weighted by Crippen LogP contribution is 2.21. The van der Waals surface area contributed by atoms with Crippen LogP contribution in [-0.4, -0.2) is 36.6 Å². The second-order valence-electron chi connectivity index (χ2n) is 4.74. The minimum Gasteiger partial charge on any atom is -0.323 e. The maximum Gasteiger partial charge on any atom is 0.321 e. The number of hydrogen-bond acceptors (Lipinski definition) is 2. The van der Waals surface area contributed by atoms with Crippen LogP contribution in [-0.2, 0) is 0 Å². The quantitative estimate of drug-likeness (QED) is 0.891. The van der Waals surface area contributed by atoms with Crippen LogP contribution in [0.2, 0.25) is 5.02 Å². The number of carbonyl (C=O) groups is 1. The lowest BCUT2D eigenvalue weighted by molar-refractivity contribution is 0.209. The van der Waals surface area contributed by atoms with Gasteiger partial charge in [-0.05, 0) is 38.4 Å². The second-order valence-corrected chi connectivity index (χ2v) is 5.15. The van der Waals surface area contributed by atoms with E-state index in [-0.39, 0.29) is 6.03 Å².